The van der Waals surface area contributed by atoms with Gasteiger partial charge in [-0.3, -0.25) is 19.8 Å². The van der Waals surface area contributed by atoms with Crippen molar-refractivity contribution in [1.82, 2.24) is 9.80 Å². The van der Waals surface area contributed by atoms with Crippen LogP contribution in [0.4, 0.5) is 11.4 Å². The highest BCUT2D eigenvalue weighted by atomic mass is 16.6. The van der Waals surface area contributed by atoms with Gasteiger partial charge in [-0.15, -0.1) is 0 Å². The summed E-state index contributed by atoms with van der Waals surface area (Å²) in [6.07, 6.45) is 4.60. The number of hydrogen-bond donors (Lipinski definition) is 1. The molecule has 0 aromatic heterocycles. The number of nitrogens with one attached hydrogen (secondary N) is 1. The van der Waals surface area contributed by atoms with Crippen LogP contribution in [0.15, 0.2) is 54.6 Å². The molecule has 0 radical (unpaired) electrons. The Labute approximate surface area is 182 Å². The van der Waals surface area contributed by atoms with Gasteiger partial charge in [0.25, 0.3) is 5.69 Å². The van der Waals surface area contributed by atoms with Crippen LogP contribution in [0.3, 0.4) is 0 Å². The zero-order valence-electron chi connectivity index (χ0n) is 17.7. The van der Waals surface area contributed by atoms with Gasteiger partial charge in [0.2, 0.25) is 5.91 Å². The van der Waals surface area contributed by atoms with Crippen molar-refractivity contribution in [2.45, 2.75) is 6.42 Å². The van der Waals surface area contributed by atoms with Crippen LogP contribution in [-0.4, -0.2) is 67.0 Å². The molecule has 0 spiro atoms. The summed E-state index contributed by atoms with van der Waals surface area (Å²) in [5.41, 5.74) is 1.21. The number of nitrogens with zero attached hydrogens (tertiary/aromatic N) is 3. The Balaban J connectivity index is 1.40. The van der Waals surface area contributed by atoms with Gasteiger partial charge in [-0.25, -0.2) is 0 Å². The maximum absolute atomic E-state index is 12.3. The number of piperazine rings is 1. The Kier molecular flexibility index (Phi) is 8.14. The van der Waals surface area contributed by atoms with Crippen molar-refractivity contribution >= 4 is 23.4 Å². The predicted octanol–water partition coefficient (Wildman–Crippen LogP) is 3.26. The molecule has 1 heterocycles. The average Bonchev–Trinajstić information content (AvgIpc) is 2.79. The summed E-state index contributed by atoms with van der Waals surface area (Å²) >= 11 is 0. The molecule has 8 nitrogen and oxygen atoms in total. The molecular formula is C23H28N4O4. The van der Waals surface area contributed by atoms with E-state index in [1.165, 1.54) is 24.8 Å². The third-order valence-corrected chi connectivity index (χ3v) is 5.27. The maximum Gasteiger partial charge on any atom is 0.296 e. The topological polar surface area (TPSA) is 88.0 Å². The summed E-state index contributed by atoms with van der Waals surface area (Å²) in [4.78, 5) is 27.7. The Bertz CT molecular complexity index is 909. The summed E-state index contributed by atoms with van der Waals surface area (Å²) in [6, 6.07) is 14.6. The van der Waals surface area contributed by atoms with Crippen molar-refractivity contribution in [2.24, 2.45) is 0 Å². The second-order valence-corrected chi connectivity index (χ2v) is 7.39. The zero-order chi connectivity index (χ0) is 22.1. The molecule has 0 unspecified atom stereocenters. The van der Waals surface area contributed by atoms with Crippen molar-refractivity contribution in [1.29, 1.82) is 0 Å². The van der Waals surface area contributed by atoms with Crippen LogP contribution in [-0.2, 0) is 4.79 Å². The molecule has 0 saturated carbocycles. The molecule has 8 heteroatoms. The van der Waals surface area contributed by atoms with Gasteiger partial charge in [-0.2, -0.15) is 0 Å². The predicted molar refractivity (Wildman–Crippen MR) is 121 cm³/mol. The van der Waals surface area contributed by atoms with Crippen LogP contribution in [0.2, 0.25) is 0 Å². The van der Waals surface area contributed by atoms with Crippen LogP contribution in [0.1, 0.15) is 12.0 Å². The average molecular weight is 425 g/mol. The van der Waals surface area contributed by atoms with Gasteiger partial charge in [0.05, 0.1) is 18.1 Å². The van der Waals surface area contributed by atoms with Gasteiger partial charge < -0.3 is 15.0 Å². The van der Waals surface area contributed by atoms with Gasteiger partial charge in [0.1, 0.15) is 11.4 Å². The van der Waals surface area contributed by atoms with E-state index in [9.17, 15) is 14.9 Å². The molecule has 1 saturated heterocycles. The summed E-state index contributed by atoms with van der Waals surface area (Å²) < 4.78 is 5.02. The molecule has 1 N–H and O–H groups in total. The van der Waals surface area contributed by atoms with Gasteiger partial charge in [-0.05, 0) is 17.7 Å². The van der Waals surface area contributed by atoms with Crippen LogP contribution >= 0.6 is 0 Å². The van der Waals surface area contributed by atoms with E-state index in [2.05, 4.69) is 39.4 Å². The minimum Gasteiger partial charge on any atom is -0.496 e. The van der Waals surface area contributed by atoms with Crippen LogP contribution in [0, 0.1) is 10.1 Å². The highest BCUT2D eigenvalue weighted by Crippen LogP contribution is 2.29. The standard InChI is InChI=1S/C23H28N4O4/c1-31-20-9-10-21(22(18-20)27(29)30)24-23(28)11-13-26-16-14-25(15-17-26)12-5-8-19-6-3-2-4-7-19/h2-10,18H,11-17H2,1H3,(H,24,28)/b8-5+. The largest absolute Gasteiger partial charge is 0.496 e. The number of hydrogen-bond acceptors (Lipinski definition) is 6. The number of benzene rings is 2. The Hall–Kier alpha value is -3.23. The van der Waals surface area contributed by atoms with Crippen molar-refractivity contribution in [3.63, 3.8) is 0 Å². The van der Waals surface area contributed by atoms with Gasteiger partial charge in [-0.1, -0.05) is 42.5 Å². The number of ether oxygens (including phenoxy) is 1. The van der Waals surface area contributed by atoms with E-state index in [0.717, 1.165) is 32.7 Å². The van der Waals surface area contributed by atoms with E-state index in [-0.39, 0.29) is 23.7 Å². The van der Waals surface area contributed by atoms with Crippen LogP contribution in [0.5, 0.6) is 5.75 Å². The number of carbonyl (C=O) groups excluding carboxylic acids is 1. The fourth-order valence-corrected chi connectivity index (χ4v) is 3.47. The molecule has 3 rings (SSSR count). The van der Waals surface area contributed by atoms with Gasteiger partial charge in [0, 0.05) is 45.7 Å². The lowest BCUT2D eigenvalue weighted by molar-refractivity contribution is -0.384. The monoisotopic (exact) mass is 424 g/mol. The van der Waals surface area contributed by atoms with Gasteiger partial charge in [0.15, 0.2) is 0 Å². The maximum atomic E-state index is 12.3. The van der Waals surface area contributed by atoms with Crippen molar-refractivity contribution < 1.29 is 14.5 Å². The van der Waals surface area contributed by atoms with Crippen molar-refractivity contribution in [3.05, 3.63) is 70.3 Å². The van der Waals surface area contributed by atoms with E-state index in [0.29, 0.717) is 12.3 Å². The van der Waals surface area contributed by atoms with Crippen molar-refractivity contribution in [3.8, 4) is 5.75 Å². The van der Waals surface area contributed by atoms with Gasteiger partial charge >= 0.3 is 0 Å². The van der Waals surface area contributed by atoms with Crippen LogP contribution in [0.25, 0.3) is 6.08 Å². The molecule has 1 aliphatic rings. The minimum atomic E-state index is -0.524. The normalized spacial score (nSPS) is 15.1. The lowest BCUT2D eigenvalue weighted by atomic mass is 10.2. The fraction of sp³-hybridized carbons (Fsp3) is 0.348. The highest BCUT2D eigenvalue weighted by Gasteiger charge is 2.19. The first-order valence-electron chi connectivity index (χ1n) is 10.3. The number of amides is 1. The summed E-state index contributed by atoms with van der Waals surface area (Å²) in [7, 11) is 1.44. The lowest BCUT2D eigenvalue weighted by Crippen LogP contribution is -2.46. The summed E-state index contributed by atoms with van der Waals surface area (Å²) in [5.74, 6) is 0.141. The first-order valence-corrected chi connectivity index (χ1v) is 10.3. The quantitative estimate of drug-likeness (QED) is 0.491. The highest BCUT2D eigenvalue weighted by molar-refractivity contribution is 5.93. The Morgan fingerprint density at radius 3 is 2.52 bits per heavy atom. The number of methoxy groups -OCH3 is 1. The smallest absolute Gasteiger partial charge is 0.296 e. The second kappa shape index (κ2) is 11.2. The number of anilines is 1. The van der Waals surface area contributed by atoms with E-state index in [4.69, 9.17) is 4.74 Å². The van der Waals surface area contributed by atoms with Crippen molar-refractivity contribution in [2.75, 3.05) is 51.7 Å². The number of rotatable bonds is 9. The Morgan fingerprint density at radius 2 is 1.84 bits per heavy atom. The zero-order valence-corrected chi connectivity index (χ0v) is 17.7. The van der Waals surface area contributed by atoms with Crippen LogP contribution < -0.4 is 10.1 Å². The molecule has 0 atom stereocenters. The third kappa shape index (κ3) is 6.91. The summed E-state index contributed by atoms with van der Waals surface area (Å²) in [6.45, 7) is 5.23. The van der Waals surface area contributed by atoms with E-state index in [1.807, 2.05) is 18.2 Å². The number of carbonyl (C=O) groups is 1. The molecular weight excluding hydrogens is 396 g/mol. The molecule has 0 bridgehead atoms. The molecule has 2 aromatic rings. The first kappa shape index (κ1) is 22.5. The van der Waals surface area contributed by atoms with E-state index in [1.54, 1.807) is 6.07 Å². The number of nitro groups is 1. The second-order valence-electron chi connectivity index (χ2n) is 7.39. The Morgan fingerprint density at radius 1 is 1.13 bits per heavy atom. The third-order valence-electron chi connectivity index (χ3n) is 5.27. The molecule has 2 aromatic carbocycles. The first-order chi connectivity index (χ1) is 15.0. The van der Waals surface area contributed by atoms with E-state index < -0.39 is 4.92 Å². The molecule has 1 aliphatic heterocycles. The summed E-state index contributed by atoms with van der Waals surface area (Å²) in [5, 5.41) is 13.9. The lowest BCUT2D eigenvalue weighted by Gasteiger charge is -2.33. The van der Waals surface area contributed by atoms with E-state index >= 15 is 0 Å². The molecule has 0 aliphatic carbocycles. The molecule has 164 valence electrons. The number of nitro benzene ring substituents is 1. The molecule has 1 fully saturated rings. The molecule has 31 heavy (non-hydrogen) atoms. The molecule has 1 amide bonds. The minimum absolute atomic E-state index is 0.176. The SMILES string of the molecule is COc1ccc(NC(=O)CCN2CCN(C/C=C/c3ccccc3)CC2)c([N+](=O)[O-])c1. The fourth-order valence-electron chi connectivity index (χ4n) is 3.47.